The van der Waals surface area contributed by atoms with Crippen LogP contribution in [-0.2, 0) is 11.2 Å². The summed E-state index contributed by atoms with van der Waals surface area (Å²) in [5.41, 5.74) is 0.731. The molecule has 0 aliphatic rings. The largest absolute Gasteiger partial charge is 0.461 e. The molecule has 0 atom stereocenters. The number of rotatable bonds is 3. The summed E-state index contributed by atoms with van der Waals surface area (Å²) in [4.78, 5) is 11.0. The van der Waals surface area contributed by atoms with Gasteiger partial charge < -0.3 is 4.42 Å². The van der Waals surface area contributed by atoms with Gasteiger partial charge in [0.25, 0.3) is 0 Å². The van der Waals surface area contributed by atoms with Crippen LogP contribution < -0.4 is 0 Å². The summed E-state index contributed by atoms with van der Waals surface area (Å²) in [5.74, 6) is 1.31. The van der Waals surface area contributed by atoms with Crippen LogP contribution in [0.15, 0.2) is 34.7 Å². The molecule has 0 saturated carbocycles. The van der Waals surface area contributed by atoms with Crippen molar-refractivity contribution in [3.63, 3.8) is 0 Å². The van der Waals surface area contributed by atoms with Crippen molar-refractivity contribution < 1.29 is 9.21 Å². The second-order valence-electron chi connectivity index (χ2n) is 3.77. The third kappa shape index (κ3) is 2.90. The van der Waals surface area contributed by atoms with E-state index in [1.807, 2.05) is 0 Å². The molecule has 0 aliphatic heterocycles. The van der Waals surface area contributed by atoms with Crippen molar-refractivity contribution in [2.75, 3.05) is 0 Å². The van der Waals surface area contributed by atoms with Gasteiger partial charge in [-0.3, -0.25) is 4.79 Å². The summed E-state index contributed by atoms with van der Waals surface area (Å²) in [6.45, 7) is 1.52. The maximum Gasteiger partial charge on any atom is 0.137 e. The Morgan fingerprint density at radius 1 is 1.24 bits per heavy atom. The highest BCUT2D eigenvalue weighted by atomic mass is 35.5. The lowest BCUT2D eigenvalue weighted by Crippen LogP contribution is -1.93. The number of benzene rings is 1. The maximum absolute atomic E-state index is 11.0. The van der Waals surface area contributed by atoms with Crippen LogP contribution in [0.5, 0.6) is 0 Å². The number of hydrogen-bond acceptors (Lipinski definition) is 2. The van der Waals surface area contributed by atoms with Gasteiger partial charge in [-0.15, -0.1) is 0 Å². The van der Waals surface area contributed by atoms with Crippen LogP contribution >= 0.6 is 23.2 Å². The summed E-state index contributed by atoms with van der Waals surface area (Å²) in [7, 11) is 0. The summed E-state index contributed by atoms with van der Waals surface area (Å²) < 4.78 is 5.55. The normalized spacial score (nSPS) is 10.5. The molecule has 0 bridgehead atoms. The molecule has 0 unspecified atom stereocenters. The van der Waals surface area contributed by atoms with Gasteiger partial charge in [-0.1, -0.05) is 23.2 Å². The first-order valence-corrected chi connectivity index (χ1v) is 5.85. The van der Waals surface area contributed by atoms with E-state index in [2.05, 4.69) is 0 Å². The van der Waals surface area contributed by atoms with Crippen LogP contribution in [0.2, 0.25) is 10.0 Å². The Morgan fingerprint density at radius 2 is 2.00 bits per heavy atom. The zero-order valence-electron chi connectivity index (χ0n) is 9.17. The molecule has 0 saturated heterocycles. The highest BCUT2D eigenvalue weighted by molar-refractivity contribution is 6.35. The van der Waals surface area contributed by atoms with E-state index in [0.717, 1.165) is 5.56 Å². The predicted molar refractivity (Wildman–Crippen MR) is 68.5 cm³/mol. The summed E-state index contributed by atoms with van der Waals surface area (Å²) in [5, 5.41) is 1.16. The molecular formula is C13H10Cl2O2. The molecule has 0 spiro atoms. The zero-order chi connectivity index (χ0) is 12.4. The van der Waals surface area contributed by atoms with Crippen molar-refractivity contribution in [3.8, 4) is 11.3 Å². The third-order valence-electron chi connectivity index (χ3n) is 2.28. The average molecular weight is 269 g/mol. The van der Waals surface area contributed by atoms with Crippen molar-refractivity contribution in [2.45, 2.75) is 13.3 Å². The lowest BCUT2D eigenvalue weighted by molar-refractivity contribution is -0.116. The quantitative estimate of drug-likeness (QED) is 0.827. The van der Waals surface area contributed by atoms with Gasteiger partial charge in [0, 0.05) is 10.6 Å². The fraction of sp³-hybridized carbons (Fsp3) is 0.154. The minimum absolute atomic E-state index is 0.0584. The summed E-state index contributed by atoms with van der Waals surface area (Å²) >= 11 is 12.0. The maximum atomic E-state index is 11.0. The van der Waals surface area contributed by atoms with Crippen LogP contribution in [-0.4, -0.2) is 5.78 Å². The van der Waals surface area contributed by atoms with Crippen LogP contribution in [0.25, 0.3) is 11.3 Å². The Morgan fingerprint density at radius 3 is 2.71 bits per heavy atom. The first-order valence-electron chi connectivity index (χ1n) is 5.10. The first kappa shape index (κ1) is 12.2. The predicted octanol–water partition coefficient (Wildman–Crippen LogP) is 4.38. The van der Waals surface area contributed by atoms with E-state index in [1.54, 1.807) is 30.3 Å². The first-order chi connectivity index (χ1) is 8.06. The Bertz CT molecular complexity index is 558. The molecule has 1 aromatic heterocycles. The Labute approximate surface area is 109 Å². The summed E-state index contributed by atoms with van der Waals surface area (Å²) in [6, 6.07) is 8.73. The second kappa shape index (κ2) is 4.94. The minimum atomic E-state index is 0.0584. The van der Waals surface area contributed by atoms with Crippen LogP contribution in [0.4, 0.5) is 0 Å². The molecular weight excluding hydrogens is 259 g/mol. The van der Waals surface area contributed by atoms with E-state index < -0.39 is 0 Å². The van der Waals surface area contributed by atoms with Gasteiger partial charge in [0.05, 0.1) is 11.4 Å². The van der Waals surface area contributed by atoms with E-state index in [-0.39, 0.29) is 12.2 Å². The number of carbonyl (C=O) groups excluding carboxylic acids is 1. The number of hydrogen-bond donors (Lipinski definition) is 0. The van der Waals surface area contributed by atoms with Gasteiger partial charge in [0.2, 0.25) is 0 Å². The number of furan rings is 1. The molecule has 2 aromatic rings. The molecule has 4 heteroatoms. The van der Waals surface area contributed by atoms with E-state index in [9.17, 15) is 4.79 Å². The van der Waals surface area contributed by atoms with Crippen molar-refractivity contribution in [1.29, 1.82) is 0 Å². The monoisotopic (exact) mass is 268 g/mol. The molecule has 0 fully saturated rings. The average Bonchev–Trinajstić information content (AvgIpc) is 2.69. The second-order valence-corrected chi connectivity index (χ2v) is 4.61. The summed E-state index contributed by atoms with van der Waals surface area (Å²) in [6.07, 6.45) is 0.290. The number of carbonyl (C=O) groups is 1. The highest BCUT2D eigenvalue weighted by Crippen LogP contribution is 2.31. The molecule has 88 valence electrons. The van der Waals surface area contributed by atoms with Crippen LogP contribution in [0.1, 0.15) is 12.7 Å². The van der Waals surface area contributed by atoms with Gasteiger partial charge in [-0.2, -0.15) is 0 Å². The molecule has 1 aromatic carbocycles. The van der Waals surface area contributed by atoms with E-state index in [4.69, 9.17) is 27.6 Å². The van der Waals surface area contributed by atoms with Crippen molar-refractivity contribution in [3.05, 3.63) is 46.1 Å². The van der Waals surface area contributed by atoms with Gasteiger partial charge in [-0.25, -0.2) is 0 Å². The van der Waals surface area contributed by atoms with Crippen LogP contribution in [0.3, 0.4) is 0 Å². The third-order valence-corrected chi connectivity index (χ3v) is 2.84. The lowest BCUT2D eigenvalue weighted by Gasteiger charge is -2.01. The van der Waals surface area contributed by atoms with E-state index in [0.29, 0.717) is 21.6 Å². The van der Waals surface area contributed by atoms with Gasteiger partial charge in [0.1, 0.15) is 17.3 Å². The van der Waals surface area contributed by atoms with Crippen molar-refractivity contribution in [1.82, 2.24) is 0 Å². The topological polar surface area (TPSA) is 30.2 Å². The lowest BCUT2D eigenvalue weighted by atomic mass is 10.2. The van der Waals surface area contributed by atoms with E-state index in [1.165, 1.54) is 6.92 Å². The minimum Gasteiger partial charge on any atom is -0.461 e. The molecule has 1 heterocycles. The number of halogens is 2. The van der Waals surface area contributed by atoms with Gasteiger partial charge in [0.15, 0.2) is 0 Å². The van der Waals surface area contributed by atoms with Crippen molar-refractivity contribution >= 4 is 29.0 Å². The zero-order valence-corrected chi connectivity index (χ0v) is 10.7. The molecule has 2 nitrogen and oxygen atoms in total. The molecule has 17 heavy (non-hydrogen) atoms. The molecule has 0 aliphatic carbocycles. The van der Waals surface area contributed by atoms with E-state index >= 15 is 0 Å². The molecule has 0 amide bonds. The van der Waals surface area contributed by atoms with Gasteiger partial charge >= 0.3 is 0 Å². The number of ketones is 1. The Balaban J connectivity index is 2.36. The highest BCUT2D eigenvalue weighted by Gasteiger charge is 2.10. The Kier molecular flexibility index (Phi) is 3.55. The van der Waals surface area contributed by atoms with Gasteiger partial charge in [-0.05, 0) is 37.3 Å². The fourth-order valence-electron chi connectivity index (χ4n) is 1.55. The Hall–Kier alpha value is -1.25. The molecule has 0 radical (unpaired) electrons. The van der Waals surface area contributed by atoms with Crippen LogP contribution in [0, 0.1) is 0 Å². The van der Waals surface area contributed by atoms with Crippen molar-refractivity contribution in [2.24, 2.45) is 0 Å². The molecule has 0 N–H and O–H groups in total. The standard InChI is InChI=1S/C13H10Cl2O2/c1-8(16)6-10-3-5-13(17-10)11-7-9(14)2-4-12(11)15/h2-5,7H,6H2,1H3. The SMILES string of the molecule is CC(=O)Cc1ccc(-c2cc(Cl)ccc2Cl)o1. The molecule has 2 rings (SSSR count). The fourth-order valence-corrected chi connectivity index (χ4v) is 1.93. The number of Topliss-reactive ketones (excluding diaryl/α,β-unsaturated/α-hetero) is 1. The smallest absolute Gasteiger partial charge is 0.137 e.